The molecular formula is C11H8N4O3. The number of aliphatic carboxylic acids is 1. The molecule has 3 rings (SSSR count). The summed E-state index contributed by atoms with van der Waals surface area (Å²) in [6, 6.07) is 4.83. The molecule has 3 aromatic heterocycles. The van der Waals surface area contributed by atoms with Crippen LogP contribution in [0, 0.1) is 0 Å². The average Bonchev–Trinajstić information content (AvgIpc) is 2.83. The summed E-state index contributed by atoms with van der Waals surface area (Å²) in [4.78, 5) is 27.1. The van der Waals surface area contributed by atoms with Gasteiger partial charge in [0.05, 0.1) is 11.7 Å². The van der Waals surface area contributed by atoms with Crippen LogP contribution in [0.2, 0.25) is 0 Å². The summed E-state index contributed by atoms with van der Waals surface area (Å²) in [5, 5.41) is 12.9. The fraction of sp³-hybridized carbons (Fsp3) is 0.0909. The summed E-state index contributed by atoms with van der Waals surface area (Å²) >= 11 is 0. The first-order chi connectivity index (χ1) is 8.68. The number of hydrogen-bond acceptors (Lipinski definition) is 4. The number of nitrogens with zero attached hydrogens (tertiary/aromatic N) is 4. The molecule has 7 nitrogen and oxygen atoms in total. The van der Waals surface area contributed by atoms with Crippen LogP contribution in [0.25, 0.3) is 16.7 Å². The zero-order chi connectivity index (χ0) is 12.7. The molecule has 0 fully saturated rings. The number of rotatable bonds is 2. The largest absolute Gasteiger partial charge is 0.480 e. The number of carboxylic acids is 1. The molecule has 3 heterocycles. The van der Waals surface area contributed by atoms with E-state index in [2.05, 4.69) is 10.1 Å². The lowest BCUT2D eigenvalue weighted by Crippen LogP contribution is -2.26. The standard InChI is InChI=1S/C11H8N4O3/c16-9(17)6-14-7-2-1-4-12-10(7)15-8(11(14)18)3-5-13-15/h1-5H,6H2,(H,16,17). The van der Waals surface area contributed by atoms with Gasteiger partial charge in [0.15, 0.2) is 5.65 Å². The molecule has 0 spiro atoms. The number of pyridine rings is 1. The third-order valence-electron chi connectivity index (χ3n) is 2.66. The summed E-state index contributed by atoms with van der Waals surface area (Å²) in [6.45, 7) is -0.400. The lowest BCUT2D eigenvalue weighted by Gasteiger charge is -2.08. The lowest BCUT2D eigenvalue weighted by atomic mass is 10.3. The minimum absolute atomic E-state index is 0.308. The number of aromatic nitrogens is 4. The van der Waals surface area contributed by atoms with Crippen molar-refractivity contribution in [2.45, 2.75) is 6.54 Å². The quantitative estimate of drug-likeness (QED) is 0.692. The van der Waals surface area contributed by atoms with Gasteiger partial charge in [0, 0.05) is 6.20 Å². The van der Waals surface area contributed by atoms with E-state index in [1.165, 1.54) is 21.3 Å². The molecule has 90 valence electrons. The molecule has 18 heavy (non-hydrogen) atoms. The molecular weight excluding hydrogens is 236 g/mol. The van der Waals surface area contributed by atoms with E-state index < -0.39 is 18.1 Å². The molecule has 0 saturated heterocycles. The second kappa shape index (κ2) is 3.66. The maximum absolute atomic E-state index is 12.2. The van der Waals surface area contributed by atoms with Crippen LogP contribution >= 0.6 is 0 Å². The van der Waals surface area contributed by atoms with E-state index in [9.17, 15) is 9.59 Å². The summed E-state index contributed by atoms with van der Waals surface area (Å²) in [7, 11) is 0. The van der Waals surface area contributed by atoms with E-state index >= 15 is 0 Å². The van der Waals surface area contributed by atoms with Crippen LogP contribution in [-0.4, -0.2) is 30.2 Å². The summed E-state index contributed by atoms with van der Waals surface area (Å²) < 4.78 is 2.59. The minimum Gasteiger partial charge on any atom is -0.480 e. The van der Waals surface area contributed by atoms with E-state index in [1.54, 1.807) is 18.3 Å². The number of carbonyl (C=O) groups is 1. The Kier molecular flexibility index (Phi) is 2.12. The van der Waals surface area contributed by atoms with Gasteiger partial charge in [-0.05, 0) is 18.2 Å². The second-order valence-corrected chi connectivity index (χ2v) is 3.76. The highest BCUT2D eigenvalue weighted by atomic mass is 16.4. The van der Waals surface area contributed by atoms with Crippen LogP contribution in [0.1, 0.15) is 0 Å². The molecule has 3 aromatic rings. The molecule has 0 aromatic carbocycles. The van der Waals surface area contributed by atoms with Gasteiger partial charge in [-0.25, -0.2) is 9.50 Å². The zero-order valence-corrected chi connectivity index (χ0v) is 9.15. The lowest BCUT2D eigenvalue weighted by molar-refractivity contribution is -0.137. The van der Waals surface area contributed by atoms with Gasteiger partial charge in [0.1, 0.15) is 12.1 Å². The van der Waals surface area contributed by atoms with E-state index in [0.717, 1.165) is 0 Å². The molecule has 1 N–H and O–H groups in total. The Morgan fingerprint density at radius 3 is 2.89 bits per heavy atom. The smallest absolute Gasteiger partial charge is 0.323 e. The predicted molar refractivity (Wildman–Crippen MR) is 62.4 cm³/mol. The highest BCUT2D eigenvalue weighted by molar-refractivity contribution is 5.76. The molecule has 0 aliphatic rings. The summed E-state index contributed by atoms with van der Waals surface area (Å²) in [5.74, 6) is -1.08. The van der Waals surface area contributed by atoms with Gasteiger partial charge in [-0.1, -0.05) is 0 Å². The van der Waals surface area contributed by atoms with Gasteiger partial charge in [0.2, 0.25) is 0 Å². The van der Waals surface area contributed by atoms with Crippen molar-refractivity contribution in [1.82, 2.24) is 19.2 Å². The number of hydrogen-bond donors (Lipinski definition) is 1. The van der Waals surface area contributed by atoms with Gasteiger partial charge in [0.25, 0.3) is 5.56 Å². The van der Waals surface area contributed by atoms with E-state index in [4.69, 9.17) is 5.11 Å². The van der Waals surface area contributed by atoms with Gasteiger partial charge < -0.3 is 5.11 Å². The van der Waals surface area contributed by atoms with Crippen LogP contribution in [0.15, 0.2) is 35.4 Å². The normalized spacial score (nSPS) is 11.1. The van der Waals surface area contributed by atoms with E-state index in [-0.39, 0.29) is 0 Å². The Bertz CT molecular complexity index is 818. The van der Waals surface area contributed by atoms with Crippen molar-refractivity contribution in [3.05, 3.63) is 40.9 Å². The summed E-state index contributed by atoms with van der Waals surface area (Å²) in [6.07, 6.45) is 3.05. The molecule has 0 bridgehead atoms. The molecule has 0 aliphatic carbocycles. The highest BCUT2D eigenvalue weighted by Gasteiger charge is 2.13. The fourth-order valence-electron chi connectivity index (χ4n) is 1.94. The molecule has 0 amide bonds. The van der Waals surface area contributed by atoms with Crippen LogP contribution in [0.3, 0.4) is 0 Å². The molecule has 0 aliphatic heterocycles. The van der Waals surface area contributed by atoms with E-state index in [0.29, 0.717) is 16.7 Å². The van der Waals surface area contributed by atoms with Crippen LogP contribution in [0.5, 0.6) is 0 Å². The molecule has 0 radical (unpaired) electrons. The van der Waals surface area contributed by atoms with Gasteiger partial charge in [-0.15, -0.1) is 0 Å². The Balaban J connectivity index is 2.53. The maximum Gasteiger partial charge on any atom is 0.323 e. The van der Waals surface area contributed by atoms with Crippen molar-refractivity contribution in [2.75, 3.05) is 0 Å². The van der Waals surface area contributed by atoms with Crippen molar-refractivity contribution in [3.63, 3.8) is 0 Å². The SMILES string of the molecule is O=C(O)Cn1c(=O)c2ccnn2c2ncccc21. The Morgan fingerprint density at radius 1 is 1.28 bits per heavy atom. The maximum atomic E-state index is 12.2. The second-order valence-electron chi connectivity index (χ2n) is 3.76. The molecule has 0 unspecified atom stereocenters. The van der Waals surface area contributed by atoms with Crippen molar-refractivity contribution < 1.29 is 9.90 Å². The monoisotopic (exact) mass is 244 g/mol. The average molecular weight is 244 g/mol. The minimum atomic E-state index is -1.08. The fourth-order valence-corrected chi connectivity index (χ4v) is 1.94. The van der Waals surface area contributed by atoms with Crippen molar-refractivity contribution in [3.8, 4) is 0 Å². The third-order valence-corrected chi connectivity index (χ3v) is 2.66. The van der Waals surface area contributed by atoms with Crippen molar-refractivity contribution in [2.24, 2.45) is 0 Å². The van der Waals surface area contributed by atoms with Gasteiger partial charge in [-0.3, -0.25) is 14.2 Å². The molecule has 7 heteroatoms. The molecule has 0 atom stereocenters. The zero-order valence-electron chi connectivity index (χ0n) is 9.15. The first-order valence-electron chi connectivity index (χ1n) is 5.21. The Labute approximate surface area is 99.9 Å². The first-order valence-corrected chi connectivity index (χ1v) is 5.21. The topological polar surface area (TPSA) is 89.5 Å². The van der Waals surface area contributed by atoms with Crippen LogP contribution < -0.4 is 5.56 Å². The number of fused-ring (bicyclic) bond motifs is 3. The number of carboxylic acid groups (broad SMARTS) is 1. The Hall–Kier alpha value is -2.70. The predicted octanol–water partition coefficient (Wildman–Crippen LogP) is 0.129. The van der Waals surface area contributed by atoms with Crippen LogP contribution in [0.4, 0.5) is 0 Å². The highest BCUT2D eigenvalue weighted by Crippen LogP contribution is 2.10. The molecule has 0 saturated carbocycles. The van der Waals surface area contributed by atoms with Gasteiger partial charge >= 0.3 is 5.97 Å². The first kappa shape index (κ1) is 10.5. The Morgan fingerprint density at radius 2 is 2.11 bits per heavy atom. The van der Waals surface area contributed by atoms with E-state index in [1.807, 2.05) is 0 Å². The van der Waals surface area contributed by atoms with Gasteiger partial charge in [-0.2, -0.15) is 5.10 Å². The third kappa shape index (κ3) is 1.37. The van der Waals surface area contributed by atoms with Crippen molar-refractivity contribution >= 4 is 22.6 Å². The van der Waals surface area contributed by atoms with Crippen molar-refractivity contribution in [1.29, 1.82) is 0 Å². The summed E-state index contributed by atoms with van der Waals surface area (Å²) in [5.41, 5.74) is 0.817. The van der Waals surface area contributed by atoms with Crippen LogP contribution in [-0.2, 0) is 11.3 Å².